The maximum atomic E-state index is 13.2. The van der Waals surface area contributed by atoms with E-state index in [1.807, 2.05) is 6.92 Å². The molecule has 0 spiro atoms. The van der Waals surface area contributed by atoms with Gasteiger partial charge in [0.15, 0.2) is 5.78 Å². The van der Waals surface area contributed by atoms with Crippen LogP contribution < -0.4 is 0 Å². The lowest BCUT2D eigenvalue weighted by Crippen LogP contribution is -2.65. The summed E-state index contributed by atoms with van der Waals surface area (Å²) in [5.74, 6) is -0.326. The van der Waals surface area contributed by atoms with Gasteiger partial charge in [0.1, 0.15) is 0 Å². The predicted molar refractivity (Wildman–Crippen MR) is 125 cm³/mol. The zero-order chi connectivity index (χ0) is 24.6. The van der Waals surface area contributed by atoms with E-state index in [2.05, 4.69) is 20.8 Å². The SMILES string of the molecule is CC(C)CCC(O)C(C)(O)C1CCC2C3=CC(=O)C4CC(O)C(O)CC4(C)C3(O)CCC21C. The van der Waals surface area contributed by atoms with Crippen LogP contribution in [0.15, 0.2) is 11.6 Å². The molecule has 0 saturated heterocycles. The van der Waals surface area contributed by atoms with Gasteiger partial charge in [0.05, 0.1) is 29.5 Å². The molecule has 0 aromatic heterocycles. The summed E-state index contributed by atoms with van der Waals surface area (Å²) in [5, 5.41) is 55.3. The number of rotatable bonds is 5. The summed E-state index contributed by atoms with van der Waals surface area (Å²) in [6.07, 6.45) is 3.28. The summed E-state index contributed by atoms with van der Waals surface area (Å²) in [5.41, 5.74) is -2.88. The molecule has 3 fully saturated rings. The van der Waals surface area contributed by atoms with Crippen molar-refractivity contribution in [3.05, 3.63) is 11.6 Å². The molecule has 10 unspecified atom stereocenters. The molecule has 3 saturated carbocycles. The minimum absolute atomic E-state index is 0.0595. The van der Waals surface area contributed by atoms with E-state index in [1.54, 1.807) is 13.0 Å². The van der Waals surface area contributed by atoms with Gasteiger partial charge in [-0.1, -0.05) is 27.7 Å². The molecule has 6 heteroatoms. The van der Waals surface area contributed by atoms with Gasteiger partial charge in [0.25, 0.3) is 0 Å². The van der Waals surface area contributed by atoms with E-state index in [4.69, 9.17) is 0 Å². The van der Waals surface area contributed by atoms with Crippen LogP contribution in [-0.2, 0) is 4.79 Å². The lowest BCUT2D eigenvalue weighted by Gasteiger charge is -2.62. The Morgan fingerprint density at radius 1 is 1.09 bits per heavy atom. The van der Waals surface area contributed by atoms with Gasteiger partial charge in [0, 0.05) is 11.3 Å². The van der Waals surface area contributed by atoms with E-state index in [1.165, 1.54) is 0 Å². The summed E-state index contributed by atoms with van der Waals surface area (Å²) < 4.78 is 0. The molecule has 188 valence electrons. The van der Waals surface area contributed by atoms with Crippen LogP contribution in [0.5, 0.6) is 0 Å². The van der Waals surface area contributed by atoms with Gasteiger partial charge in [-0.05, 0) is 93.1 Å². The van der Waals surface area contributed by atoms with Crippen LogP contribution in [0.3, 0.4) is 0 Å². The number of hydrogen-bond donors (Lipinski definition) is 5. The third kappa shape index (κ3) is 3.58. The minimum Gasteiger partial charge on any atom is -0.390 e. The molecule has 0 radical (unpaired) electrons. The smallest absolute Gasteiger partial charge is 0.159 e. The van der Waals surface area contributed by atoms with Crippen molar-refractivity contribution >= 4 is 5.78 Å². The Balaban J connectivity index is 1.67. The van der Waals surface area contributed by atoms with Crippen molar-refractivity contribution in [2.45, 2.75) is 115 Å². The highest BCUT2D eigenvalue weighted by Gasteiger charge is 2.68. The van der Waals surface area contributed by atoms with Crippen LogP contribution >= 0.6 is 0 Å². The number of aliphatic hydroxyl groups excluding tert-OH is 3. The molecular formula is C27H44O6. The largest absolute Gasteiger partial charge is 0.390 e. The normalized spacial score (nSPS) is 47.9. The maximum absolute atomic E-state index is 13.2. The first kappa shape index (κ1) is 25.3. The van der Waals surface area contributed by atoms with Gasteiger partial charge in [-0.25, -0.2) is 0 Å². The fraction of sp³-hybridized carbons (Fsp3) is 0.889. The fourth-order valence-electron chi connectivity index (χ4n) is 8.30. The van der Waals surface area contributed by atoms with Gasteiger partial charge >= 0.3 is 0 Å². The Morgan fingerprint density at radius 3 is 2.39 bits per heavy atom. The van der Waals surface area contributed by atoms with E-state index in [-0.39, 0.29) is 35.9 Å². The Morgan fingerprint density at radius 2 is 1.76 bits per heavy atom. The van der Waals surface area contributed by atoms with Crippen LogP contribution in [0, 0.1) is 34.5 Å². The van der Waals surface area contributed by atoms with Crippen LogP contribution in [0.2, 0.25) is 0 Å². The van der Waals surface area contributed by atoms with E-state index >= 15 is 0 Å². The van der Waals surface area contributed by atoms with Crippen molar-refractivity contribution in [2.75, 3.05) is 0 Å². The van der Waals surface area contributed by atoms with Crippen molar-refractivity contribution in [1.29, 1.82) is 0 Å². The molecule has 10 atom stereocenters. The van der Waals surface area contributed by atoms with Crippen molar-refractivity contribution in [1.82, 2.24) is 0 Å². The van der Waals surface area contributed by atoms with Crippen molar-refractivity contribution in [2.24, 2.45) is 34.5 Å². The summed E-state index contributed by atoms with van der Waals surface area (Å²) in [6.45, 7) is 10.0. The third-order valence-electron chi connectivity index (χ3n) is 10.5. The molecule has 0 heterocycles. The highest BCUT2D eigenvalue weighted by Crippen LogP contribution is 2.68. The number of carbonyl (C=O) groups is 1. The van der Waals surface area contributed by atoms with E-state index < -0.39 is 40.8 Å². The summed E-state index contributed by atoms with van der Waals surface area (Å²) in [7, 11) is 0. The standard InChI is InChI=1S/C27H44O6/c1-15(2)6-9-23(31)26(5,32)22-8-7-16-17-12-19(28)18-13-20(29)21(30)14-25(18,4)27(17,33)11-10-24(16,22)3/h12,15-16,18,20-23,29-33H,6-11,13-14H2,1-5H3. The van der Waals surface area contributed by atoms with Crippen LogP contribution in [0.1, 0.15) is 86.0 Å². The number of fused-ring (bicyclic) bond motifs is 5. The fourth-order valence-corrected chi connectivity index (χ4v) is 8.30. The highest BCUT2D eigenvalue weighted by molar-refractivity contribution is 5.95. The van der Waals surface area contributed by atoms with Gasteiger partial charge in [-0.2, -0.15) is 0 Å². The number of aliphatic hydroxyl groups is 5. The second-order valence-electron chi connectivity index (χ2n) is 12.8. The lowest BCUT2D eigenvalue weighted by molar-refractivity contribution is -0.191. The van der Waals surface area contributed by atoms with Crippen molar-refractivity contribution < 1.29 is 30.3 Å². The molecule has 6 nitrogen and oxygen atoms in total. The molecule has 4 aliphatic carbocycles. The Labute approximate surface area is 198 Å². The molecule has 0 aliphatic heterocycles. The van der Waals surface area contributed by atoms with E-state index in [9.17, 15) is 30.3 Å². The number of ketones is 1. The number of carbonyl (C=O) groups excluding carboxylic acids is 1. The molecule has 33 heavy (non-hydrogen) atoms. The molecule has 0 aromatic rings. The Bertz CT molecular complexity index is 819. The van der Waals surface area contributed by atoms with Gasteiger partial charge in [-0.3, -0.25) is 4.79 Å². The average Bonchev–Trinajstić information content (AvgIpc) is 3.08. The van der Waals surface area contributed by atoms with Gasteiger partial charge in [0.2, 0.25) is 0 Å². The summed E-state index contributed by atoms with van der Waals surface area (Å²) in [6, 6.07) is 0. The zero-order valence-corrected chi connectivity index (χ0v) is 20.9. The van der Waals surface area contributed by atoms with Crippen LogP contribution in [-0.4, -0.2) is 60.8 Å². The predicted octanol–water partition coefficient (Wildman–Crippen LogP) is 2.74. The first-order valence-electron chi connectivity index (χ1n) is 12.9. The molecule has 0 aromatic carbocycles. The van der Waals surface area contributed by atoms with E-state index in [0.717, 1.165) is 24.8 Å². The molecule has 5 N–H and O–H groups in total. The molecular weight excluding hydrogens is 420 g/mol. The number of hydrogen-bond acceptors (Lipinski definition) is 6. The van der Waals surface area contributed by atoms with Crippen molar-refractivity contribution in [3.8, 4) is 0 Å². The molecule has 4 rings (SSSR count). The van der Waals surface area contributed by atoms with Crippen LogP contribution in [0.25, 0.3) is 0 Å². The zero-order valence-electron chi connectivity index (χ0n) is 20.9. The highest BCUT2D eigenvalue weighted by atomic mass is 16.3. The summed E-state index contributed by atoms with van der Waals surface area (Å²) >= 11 is 0. The molecule has 4 aliphatic rings. The third-order valence-corrected chi connectivity index (χ3v) is 10.5. The first-order chi connectivity index (χ1) is 15.2. The quantitative estimate of drug-likeness (QED) is 0.427. The molecule has 0 bridgehead atoms. The molecule has 0 amide bonds. The second kappa shape index (κ2) is 8.12. The lowest BCUT2D eigenvalue weighted by atomic mass is 9.44. The van der Waals surface area contributed by atoms with Gasteiger partial charge < -0.3 is 25.5 Å². The minimum atomic E-state index is -1.25. The number of allylic oxidation sites excluding steroid dienone is 1. The topological polar surface area (TPSA) is 118 Å². The van der Waals surface area contributed by atoms with Crippen LogP contribution in [0.4, 0.5) is 0 Å². The van der Waals surface area contributed by atoms with Crippen molar-refractivity contribution in [3.63, 3.8) is 0 Å². The average molecular weight is 465 g/mol. The van der Waals surface area contributed by atoms with Gasteiger partial charge in [-0.15, -0.1) is 0 Å². The van der Waals surface area contributed by atoms with E-state index in [0.29, 0.717) is 25.2 Å². The Hall–Kier alpha value is -0.790. The monoisotopic (exact) mass is 464 g/mol. The maximum Gasteiger partial charge on any atom is 0.159 e. The second-order valence-corrected chi connectivity index (χ2v) is 12.8. The Kier molecular flexibility index (Phi) is 6.23. The summed E-state index contributed by atoms with van der Waals surface area (Å²) in [4.78, 5) is 13.2. The first-order valence-corrected chi connectivity index (χ1v) is 12.9.